The molecule has 8 atom stereocenters. The van der Waals surface area contributed by atoms with E-state index in [-0.39, 0.29) is 29.8 Å². The fourth-order valence-corrected chi connectivity index (χ4v) is 8.96. The molecule has 1 aromatic rings. The standard InChI is InChI=1S/C33H44N2O8/c1-31-13-11-22(35-43-19-28(39)34-25(30(40)42-3)15-20-7-5-4-6-8-20)16-21(31)9-10-23-24-12-14-33(41,27(38)18-36)32(24,2)17-26(37)29(23)31/h4-8,16,23-26,29,36-37,41H,9-15,17-19H2,1-3H3,(H,34,39)/b35-22+/t23-,24+,25+,26-,29+,31+,32+,33+/m1/s1. The van der Waals surface area contributed by atoms with E-state index in [1.807, 2.05) is 43.3 Å². The molecule has 0 heterocycles. The van der Waals surface area contributed by atoms with Crippen LogP contribution in [0.2, 0.25) is 0 Å². The molecular weight excluding hydrogens is 552 g/mol. The molecule has 0 aromatic heterocycles. The maximum Gasteiger partial charge on any atom is 0.328 e. The molecule has 10 nitrogen and oxygen atoms in total. The quantitative estimate of drug-likeness (QED) is 0.250. The lowest BCUT2D eigenvalue weighted by Gasteiger charge is -2.60. The Hall–Kier alpha value is -3.08. The Bertz CT molecular complexity index is 1300. The van der Waals surface area contributed by atoms with Crippen molar-refractivity contribution in [2.24, 2.45) is 33.7 Å². The van der Waals surface area contributed by atoms with Crippen LogP contribution in [0.25, 0.3) is 0 Å². The summed E-state index contributed by atoms with van der Waals surface area (Å²) in [7, 11) is 1.28. The molecular formula is C33H44N2O8. The molecule has 43 heavy (non-hydrogen) atoms. The van der Waals surface area contributed by atoms with Crippen LogP contribution in [-0.2, 0) is 30.4 Å². The fraction of sp³-hybridized carbons (Fsp3) is 0.636. The summed E-state index contributed by atoms with van der Waals surface area (Å²) in [5, 5.41) is 39.4. The minimum Gasteiger partial charge on any atom is -0.467 e. The second-order valence-electron chi connectivity index (χ2n) is 13.3. The Balaban J connectivity index is 1.23. The number of ketones is 1. The number of esters is 1. The van der Waals surface area contributed by atoms with Crippen LogP contribution >= 0.6 is 0 Å². The minimum atomic E-state index is -1.61. The average molecular weight is 597 g/mol. The molecule has 0 bridgehead atoms. The summed E-state index contributed by atoms with van der Waals surface area (Å²) < 4.78 is 4.86. The normalized spacial score (nSPS) is 36.4. The average Bonchev–Trinajstić information content (AvgIpc) is 3.26. The number of aliphatic hydroxyl groups excluding tert-OH is 2. The Morgan fingerprint density at radius 3 is 2.56 bits per heavy atom. The van der Waals surface area contributed by atoms with Crippen molar-refractivity contribution in [2.75, 3.05) is 20.3 Å². The van der Waals surface area contributed by atoms with E-state index in [2.05, 4.69) is 17.4 Å². The molecule has 5 rings (SSSR count). The van der Waals surface area contributed by atoms with Gasteiger partial charge in [0.1, 0.15) is 18.2 Å². The number of hydrogen-bond donors (Lipinski definition) is 4. The van der Waals surface area contributed by atoms with Crippen LogP contribution in [-0.4, -0.2) is 76.8 Å². The molecule has 1 amide bonds. The number of aliphatic hydroxyl groups is 3. The predicted molar refractivity (Wildman–Crippen MR) is 158 cm³/mol. The summed E-state index contributed by atoms with van der Waals surface area (Å²) >= 11 is 0. The van der Waals surface area contributed by atoms with Crippen LogP contribution in [0.5, 0.6) is 0 Å². The molecule has 0 unspecified atom stereocenters. The highest BCUT2D eigenvalue weighted by molar-refractivity contribution is 5.96. The fourth-order valence-electron chi connectivity index (χ4n) is 8.96. The monoisotopic (exact) mass is 596 g/mol. The van der Waals surface area contributed by atoms with Crippen LogP contribution in [0.4, 0.5) is 0 Å². The van der Waals surface area contributed by atoms with Crippen molar-refractivity contribution in [3.63, 3.8) is 0 Å². The van der Waals surface area contributed by atoms with Gasteiger partial charge in [-0.15, -0.1) is 0 Å². The van der Waals surface area contributed by atoms with Crippen molar-refractivity contribution in [2.45, 2.75) is 83.0 Å². The van der Waals surface area contributed by atoms with Gasteiger partial charge in [-0.1, -0.05) is 54.9 Å². The molecule has 0 spiro atoms. The highest BCUT2D eigenvalue weighted by Gasteiger charge is 2.68. The number of rotatable bonds is 9. The van der Waals surface area contributed by atoms with Crippen molar-refractivity contribution in [3.05, 3.63) is 47.5 Å². The van der Waals surface area contributed by atoms with Crippen LogP contribution in [0.1, 0.15) is 64.4 Å². The molecule has 4 aliphatic carbocycles. The Kier molecular flexibility index (Phi) is 8.84. The van der Waals surface area contributed by atoms with Gasteiger partial charge in [0.05, 0.1) is 18.9 Å². The number of nitrogens with one attached hydrogen (secondary N) is 1. The molecule has 0 radical (unpaired) electrons. The first kappa shape index (κ1) is 31.3. The molecule has 10 heteroatoms. The van der Waals surface area contributed by atoms with Gasteiger partial charge in [-0.25, -0.2) is 4.79 Å². The number of benzene rings is 1. The van der Waals surface area contributed by atoms with E-state index in [0.717, 1.165) is 30.5 Å². The van der Waals surface area contributed by atoms with Crippen LogP contribution in [0.15, 0.2) is 47.1 Å². The summed E-state index contributed by atoms with van der Waals surface area (Å²) in [6.07, 6.45) is 6.00. The number of carbonyl (C=O) groups excluding carboxylic acids is 3. The lowest BCUT2D eigenvalue weighted by atomic mass is 9.45. The molecule has 0 aliphatic heterocycles. The first-order chi connectivity index (χ1) is 20.5. The van der Waals surface area contributed by atoms with Gasteiger partial charge in [-0.2, -0.15) is 0 Å². The Morgan fingerprint density at radius 2 is 1.86 bits per heavy atom. The maximum atomic E-state index is 12.6. The molecule has 4 aliphatic rings. The lowest BCUT2D eigenvalue weighted by Crippen LogP contribution is -2.62. The van der Waals surface area contributed by atoms with Gasteiger partial charge in [0, 0.05) is 11.8 Å². The van der Waals surface area contributed by atoms with Gasteiger partial charge in [0.2, 0.25) is 0 Å². The smallest absolute Gasteiger partial charge is 0.328 e. The molecule has 1 aromatic carbocycles. The third kappa shape index (κ3) is 5.53. The Labute approximate surface area is 252 Å². The number of hydrogen-bond acceptors (Lipinski definition) is 9. The Morgan fingerprint density at radius 1 is 1.12 bits per heavy atom. The molecule has 3 saturated carbocycles. The number of Topliss-reactive ketones (excluding diaryl/α,β-unsaturated/α-hetero) is 1. The van der Waals surface area contributed by atoms with E-state index in [0.29, 0.717) is 32.1 Å². The van der Waals surface area contributed by atoms with Crippen LogP contribution in [0, 0.1) is 28.6 Å². The number of allylic oxidation sites excluding steroid dienone is 2. The van der Waals surface area contributed by atoms with Gasteiger partial charge in [-0.05, 0) is 79.8 Å². The molecule has 0 saturated heterocycles. The van der Waals surface area contributed by atoms with E-state index in [9.17, 15) is 29.7 Å². The van der Waals surface area contributed by atoms with Crippen molar-refractivity contribution >= 4 is 23.4 Å². The SMILES string of the molecule is COC(=O)[C@H](Cc1ccccc1)NC(=O)CO/N=C1/C=C2CC[C@H]3[C@@H]([C@H](O)C[C@@]4(C)[C@H]3CC[C@]4(O)C(=O)CO)[C@@]2(C)CC1. The maximum absolute atomic E-state index is 12.6. The summed E-state index contributed by atoms with van der Waals surface area (Å²) in [5.41, 5.74) is 0.181. The topological polar surface area (TPSA) is 155 Å². The van der Waals surface area contributed by atoms with Gasteiger partial charge in [0.15, 0.2) is 12.4 Å². The van der Waals surface area contributed by atoms with Crippen molar-refractivity contribution < 1.29 is 39.3 Å². The summed E-state index contributed by atoms with van der Waals surface area (Å²) in [6, 6.07) is 8.51. The van der Waals surface area contributed by atoms with Gasteiger partial charge in [0.25, 0.3) is 5.91 Å². The first-order valence-electron chi connectivity index (χ1n) is 15.3. The van der Waals surface area contributed by atoms with E-state index < -0.39 is 47.4 Å². The third-order valence-corrected chi connectivity index (χ3v) is 11.1. The number of fused-ring (bicyclic) bond motifs is 5. The highest BCUT2D eigenvalue weighted by Crippen LogP contribution is 2.67. The number of methoxy groups -OCH3 is 1. The van der Waals surface area contributed by atoms with Gasteiger partial charge in [-0.3, -0.25) is 9.59 Å². The third-order valence-electron chi connectivity index (χ3n) is 11.1. The number of nitrogens with zero attached hydrogens (tertiary/aromatic N) is 1. The number of oxime groups is 1. The second kappa shape index (κ2) is 12.1. The van der Waals surface area contributed by atoms with Crippen molar-refractivity contribution in [3.8, 4) is 0 Å². The van der Waals surface area contributed by atoms with Gasteiger partial charge >= 0.3 is 5.97 Å². The first-order valence-corrected chi connectivity index (χ1v) is 15.3. The minimum absolute atomic E-state index is 0.00901. The summed E-state index contributed by atoms with van der Waals surface area (Å²) in [6.45, 7) is 3.08. The lowest BCUT2D eigenvalue weighted by molar-refractivity contribution is -0.181. The largest absolute Gasteiger partial charge is 0.467 e. The molecule has 3 fully saturated rings. The van der Waals surface area contributed by atoms with Crippen LogP contribution in [0.3, 0.4) is 0 Å². The van der Waals surface area contributed by atoms with E-state index >= 15 is 0 Å². The van der Waals surface area contributed by atoms with E-state index in [1.165, 1.54) is 12.7 Å². The highest BCUT2D eigenvalue weighted by atomic mass is 16.6. The van der Waals surface area contributed by atoms with E-state index in [1.54, 1.807) is 0 Å². The molecule has 4 N–H and O–H groups in total. The summed E-state index contributed by atoms with van der Waals surface area (Å²) in [4.78, 5) is 42.9. The summed E-state index contributed by atoms with van der Waals surface area (Å²) in [5.74, 6) is -1.32. The van der Waals surface area contributed by atoms with Crippen LogP contribution < -0.4 is 5.32 Å². The van der Waals surface area contributed by atoms with Gasteiger partial charge < -0.3 is 30.2 Å². The number of carbonyl (C=O) groups is 3. The predicted octanol–water partition coefficient (Wildman–Crippen LogP) is 2.49. The van der Waals surface area contributed by atoms with Crippen molar-refractivity contribution in [1.82, 2.24) is 5.32 Å². The number of amides is 1. The number of ether oxygens (including phenoxy) is 1. The second-order valence-corrected chi connectivity index (χ2v) is 13.3. The van der Waals surface area contributed by atoms with Crippen molar-refractivity contribution in [1.29, 1.82) is 0 Å². The zero-order valence-corrected chi connectivity index (χ0v) is 25.3. The zero-order chi connectivity index (χ0) is 31.0. The zero-order valence-electron chi connectivity index (χ0n) is 25.3. The van der Waals surface area contributed by atoms with E-state index in [4.69, 9.17) is 9.57 Å². The molecule has 234 valence electrons.